The fourth-order valence-electron chi connectivity index (χ4n) is 1.56. The van der Waals surface area contributed by atoms with Gasteiger partial charge in [0.05, 0.1) is 6.54 Å². The summed E-state index contributed by atoms with van der Waals surface area (Å²) in [4.78, 5) is 6.94. The van der Waals surface area contributed by atoms with Crippen LogP contribution in [0.25, 0.3) is 0 Å². The van der Waals surface area contributed by atoms with Gasteiger partial charge in [-0.05, 0) is 26.4 Å². The predicted molar refractivity (Wildman–Crippen MR) is 76.6 cm³/mol. The molecule has 0 fully saturated rings. The van der Waals surface area contributed by atoms with Crippen LogP contribution in [0.3, 0.4) is 0 Å². The topological polar surface area (TPSA) is 39.7 Å². The Morgan fingerprint density at radius 2 is 2.00 bits per heavy atom. The first-order valence-electron chi connectivity index (χ1n) is 6.63. The summed E-state index contributed by atoms with van der Waals surface area (Å²) in [5.74, 6) is 0.875. The molecule has 0 saturated heterocycles. The second-order valence-corrected chi connectivity index (χ2v) is 3.86. The first-order chi connectivity index (χ1) is 8.28. The number of nitrogens with one attached hydrogen (secondary N) is 2. The van der Waals surface area contributed by atoms with E-state index < -0.39 is 0 Å². The van der Waals surface area contributed by atoms with Crippen LogP contribution >= 0.6 is 0 Å². The molecule has 0 aliphatic heterocycles. The van der Waals surface area contributed by atoms with Gasteiger partial charge < -0.3 is 15.5 Å². The van der Waals surface area contributed by atoms with Crippen molar-refractivity contribution in [1.82, 2.24) is 15.5 Å². The molecular weight excluding hydrogens is 212 g/mol. The monoisotopic (exact) mass is 240 g/mol. The van der Waals surface area contributed by atoms with Crippen LogP contribution < -0.4 is 10.6 Å². The Kier molecular flexibility index (Phi) is 10.8. The van der Waals surface area contributed by atoms with E-state index in [1.165, 1.54) is 6.42 Å². The van der Waals surface area contributed by atoms with Gasteiger partial charge in [0.1, 0.15) is 0 Å². The van der Waals surface area contributed by atoms with Crippen LogP contribution in [0.4, 0.5) is 0 Å². The first-order valence-corrected chi connectivity index (χ1v) is 6.63. The number of hydrogen-bond acceptors (Lipinski definition) is 2. The third-order valence-corrected chi connectivity index (χ3v) is 2.43. The summed E-state index contributed by atoms with van der Waals surface area (Å²) in [6, 6.07) is 0. The second-order valence-electron chi connectivity index (χ2n) is 3.86. The van der Waals surface area contributed by atoms with Crippen molar-refractivity contribution in [3.8, 4) is 0 Å². The van der Waals surface area contributed by atoms with Crippen molar-refractivity contribution in [1.29, 1.82) is 0 Å². The molecule has 0 aliphatic rings. The number of guanidine groups is 1. The smallest absolute Gasteiger partial charge is 0.191 e. The van der Waals surface area contributed by atoms with Gasteiger partial charge in [0, 0.05) is 19.6 Å². The van der Waals surface area contributed by atoms with Crippen LogP contribution in [0, 0.1) is 0 Å². The van der Waals surface area contributed by atoms with Crippen LogP contribution in [0.15, 0.2) is 17.6 Å². The maximum Gasteiger partial charge on any atom is 0.191 e. The van der Waals surface area contributed by atoms with Gasteiger partial charge in [0.25, 0.3) is 0 Å². The maximum absolute atomic E-state index is 4.53. The average molecular weight is 240 g/mol. The quantitative estimate of drug-likeness (QED) is 0.364. The van der Waals surface area contributed by atoms with Gasteiger partial charge >= 0.3 is 0 Å². The molecule has 4 nitrogen and oxygen atoms in total. The Morgan fingerprint density at radius 3 is 2.53 bits per heavy atom. The van der Waals surface area contributed by atoms with E-state index in [9.17, 15) is 0 Å². The molecule has 0 aromatic heterocycles. The molecule has 0 spiro atoms. The molecule has 17 heavy (non-hydrogen) atoms. The number of aliphatic imine (C=N–C) groups is 1. The lowest BCUT2D eigenvalue weighted by molar-refractivity contribution is 0.297. The summed E-state index contributed by atoms with van der Waals surface area (Å²) in [6.07, 6.45) is 3.04. The van der Waals surface area contributed by atoms with Crippen molar-refractivity contribution in [3.05, 3.63) is 12.7 Å². The highest BCUT2D eigenvalue weighted by molar-refractivity contribution is 5.79. The fourth-order valence-corrected chi connectivity index (χ4v) is 1.56. The van der Waals surface area contributed by atoms with Crippen LogP contribution in [-0.2, 0) is 0 Å². The molecular formula is C13H28N4. The number of rotatable bonds is 9. The number of likely N-dealkylation sites (N-methyl/N-ethyl adjacent to an activating group) is 1. The van der Waals surface area contributed by atoms with Crippen LogP contribution in [0.1, 0.15) is 27.2 Å². The molecule has 0 rings (SSSR count). The highest BCUT2D eigenvalue weighted by Gasteiger charge is 2.00. The molecule has 100 valence electrons. The second kappa shape index (κ2) is 11.5. The van der Waals surface area contributed by atoms with Crippen molar-refractivity contribution in [2.75, 3.05) is 39.3 Å². The van der Waals surface area contributed by atoms with E-state index in [0.717, 1.165) is 45.2 Å². The zero-order chi connectivity index (χ0) is 12.9. The van der Waals surface area contributed by atoms with Crippen molar-refractivity contribution >= 4 is 5.96 Å². The van der Waals surface area contributed by atoms with Gasteiger partial charge in [-0.15, -0.1) is 6.58 Å². The SMILES string of the molecule is C=CCNC(=NCCN(CC)CCC)NCC. The van der Waals surface area contributed by atoms with E-state index in [-0.39, 0.29) is 0 Å². The highest BCUT2D eigenvalue weighted by Crippen LogP contribution is 1.90. The lowest BCUT2D eigenvalue weighted by atomic mass is 10.4. The van der Waals surface area contributed by atoms with Crippen LogP contribution in [-0.4, -0.2) is 50.1 Å². The van der Waals surface area contributed by atoms with E-state index in [0.29, 0.717) is 0 Å². The summed E-state index contributed by atoms with van der Waals surface area (Å²) in [5.41, 5.74) is 0. The van der Waals surface area contributed by atoms with Crippen molar-refractivity contribution in [2.24, 2.45) is 4.99 Å². The molecule has 0 unspecified atom stereocenters. The van der Waals surface area contributed by atoms with Gasteiger partial charge in [0.15, 0.2) is 5.96 Å². The minimum absolute atomic E-state index is 0.748. The van der Waals surface area contributed by atoms with Crippen molar-refractivity contribution in [3.63, 3.8) is 0 Å². The normalized spacial score (nSPS) is 11.6. The zero-order valence-electron chi connectivity index (χ0n) is 11.6. The zero-order valence-corrected chi connectivity index (χ0v) is 11.6. The Balaban J connectivity index is 3.99. The van der Waals surface area contributed by atoms with E-state index in [4.69, 9.17) is 0 Å². The van der Waals surface area contributed by atoms with Crippen molar-refractivity contribution < 1.29 is 0 Å². The number of hydrogen-bond donors (Lipinski definition) is 2. The van der Waals surface area contributed by atoms with E-state index >= 15 is 0 Å². The van der Waals surface area contributed by atoms with Gasteiger partial charge in [-0.2, -0.15) is 0 Å². The summed E-state index contributed by atoms with van der Waals surface area (Å²) >= 11 is 0. The molecule has 0 radical (unpaired) electrons. The Hall–Kier alpha value is -1.03. The van der Waals surface area contributed by atoms with Gasteiger partial charge in [-0.3, -0.25) is 4.99 Å². The summed E-state index contributed by atoms with van der Waals surface area (Å²) < 4.78 is 0. The lowest BCUT2D eigenvalue weighted by Gasteiger charge is -2.18. The summed E-state index contributed by atoms with van der Waals surface area (Å²) in [7, 11) is 0. The fraction of sp³-hybridized carbons (Fsp3) is 0.769. The Bertz CT molecular complexity index is 213. The molecule has 0 amide bonds. The third-order valence-electron chi connectivity index (χ3n) is 2.43. The Labute approximate surface area is 106 Å². The van der Waals surface area contributed by atoms with Gasteiger partial charge in [-0.25, -0.2) is 0 Å². The van der Waals surface area contributed by atoms with Gasteiger partial charge in [-0.1, -0.05) is 19.9 Å². The molecule has 0 aromatic rings. The molecule has 0 aromatic carbocycles. The standard InChI is InChI=1S/C13H28N4/c1-5-9-15-13(14-7-3)16-10-12-17(8-4)11-6-2/h5H,1,6-12H2,2-4H3,(H2,14,15,16). The maximum atomic E-state index is 4.53. The van der Waals surface area contributed by atoms with Crippen molar-refractivity contribution in [2.45, 2.75) is 27.2 Å². The molecule has 0 bridgehead atoms. The van der Waals surface area contributed by atoms with E-state index in [1.807, 2.05) is 6.08 Å². The Morgan fingerprint density at radius 1 is 1.24 bits per heavy atom. The number of nitrogens with zero attached hydrogens (tertiary/aromatic N) is 2. The summed E-state index contributed by atoms with van der Waals surface area (Å²) in [6.45, 7) is 15.9. The van der Waals surface area contributed by atoms with Gasteiger partial charge in [0.2, 0.25) is 0 Å². The third kappa shape index (κ3) is 8.74. The lowest BCUT2D eigenvalue weighted by Crippen LogP contribution is -2.38. The first kappa shape index (κ1) is 16.0. The minimum Gasteiger partial charge on any atom is -0.357 e. The largest absolute Gasteiger partial charge is 0.357 e. The molecule has 4 heteroatoms. The summed E-state index contributed by atoms with van der Waals surface area (Å²) in [5, 5.41) is 6.41. The minimum atomic E-state index is 0.748. The highest BCUT2D eigenvalue weighted by atomic mass is 15.2. The molecule has 2 N–H and O–H groups in total. The van der Waals surface area contributed by atoms with E-state index in [1.54, 1.807) is 0 Å². The van der Waals surface area contributed by atoms with Crippen LogP contribution in [0.5, 0.6) is 0 Å². The molecule has 0 aliphatic carbocycles. The molecule has 0 atom stereocenters. The molecule has 0 heterocycles. The predicted octanol–water partition coefficient (Wildman–Crippen LogP) is 1.46. The molecule has 0 saturated carbocycles. The van der Waals surface area contributed by atoms with E-state index in [2.05, 4.69) is 47.9 Å². The van der Waals surface area contributed by atoms with Crippen LogP contribution in [0.2, 0.25) is 0 Å². The average Bonchev–Trinajstić information content (AvgIpc) is 2.34.